The summed E-state index contributed by atoms with van der Waals surface area (Å²) in [5, 5.41) is 56.9. The smallest absolute Gasteiger partial charge is 0.243 e. The van der Waals surface area contributed by atoms with Crippen LogP contribution in [-0.2, 0) is 0 Å². The van der Waals surface area contributed by atoms with Crippen LogP contribution in [0.25, 0.3) is 0 Å². The van der Waals surface area contributed by atoms with Crippen LogP contribution in [0.15, 0.2) is 0 Å². The van der Waals surface area contributed by atoms with Crippen molar-refractivity contribution in [1.29, 1.82) is 0 Å². The summed E-state index contributed by atoms with van der Waals surface area (Å²) >= 11 is 0. The molecule has 0 aromatic heterocycles. The minimum atomic E-state index is -2.99. The van der Waals surface area contributed by atoms with E-state index in [0.29, 0.717) is 13.0 Å². The lowest BCUT2D eigenvalue weighted by atomic mass is 9.88. The molecule has 96 valence electrons. The first-order valence-corrected chi connectivity index (χ1v) is 5.15. The second kappa shape index (κ2) is 4.19. The molecule has 1 rings (SSSR count). The molecule has 0 spiro atoms. The number of aliphatic hydroxyl groups is 6. The molecule has 0 amide bonds. The Bertz CT molecular complexity index is 250. The number of nitrogens with zero attached hydrogens (tertiary/aromatic N) is 1. The molecule has 16 heavy (non-hydrogen) atoms. The summed E-state index contributed by atoms with van der Waals surface area (Å²) in [5.41, 5.74) is -1.87. The average molecular weight is 237 g/mol. The Kier molecular flexibility index (Phi) is 3.61. The lowest BCUT2D eigenvalue weighted by Gasteiger charge is -2.42. The van der Waals surface area contributed by atoms with Crippen molar-refractivity contribution < 1.29 is 30.6 Å². The molecule has 7 nitrogen and oxygen atoms in total. The number of β-amino-alcohol motifs (C(OH)–C–C–N with tert-alkyl or cyclic N) is 2. The first kappa shape index (κ1) is 13.8. The zero-order chi connectivity index (χ0) is 12.6. The summed E-state index contributed by atoms with van der Waals surface area (Å²) in [7, 11) is 0. The van der Waals surface area contributed by atoms with E-state index in [1.165, 1.54) is 4.90 Å². The summed E-state index contributed by atoms with van der Waals surface area (Å²) in [6.45, 7) is 0.0746. The predicted octanol–water partition coefficient (Wildman–Crippen LogP) is -3.20. The molecular formula is C9H19NO6. The van der Waals surface area contributed by atoms with Crippen molar-refractivity contribution >= 4 is 0 Å². The Balaban J connectivity index is 3.16. The van der Waals surface area contributed by atoms with E-state index >= 15 is 0 Å². The number of aliphatic hydroxyl groups excluding tert-OH is 2. The summed E-state index contributed by atoms with van der Waals surface area (Å²) in [6.07, 6.45) is 0.605. The number of hydrogen-bond acceptors (Lipinski definition) is 7. The maximum absolute atomic E-state index is 9.72. The van der Waals surface area contributed by atoms with Gasteiger partial charge in [-0.15, -0.1) is 0 Å². The van der Waals surface area contributed by atoms with E-state index in [4.69, 9.17) is 0 Å². The molecule has 7 heteroatoms. The molecule has 0 bridgehead atoms. The highest BCUT2D eigenvalue weighted by Crippen LogP contribution is 2.41. The zero-order valence-corrected chi connectivity index (χ0v) is 9.17. The molecule has 0 unspecified atom stereocenters. The van der Waals surface area contributed by atoms with Crippen molar-refractivity contribution in [3.8, 4) is 0 Å². The largest absolute Gasteiger partial charge is 0.394 e. The van der Waals surface area contributed by atoms with Crippen LogP contribution in [0.2, 0.25) is 0 Å². The van der Waals surface area contributed by atoms with Crippen molar-refractivity contribution in [2.45, 2.75) is 30.5 Å². The minimum Gasteiger partial charge on any atom is -0.394 e. The Morgan fingerprint density at radius 3 is 1.94 bits per heavy atom. The highest BCUT2D eigenvalue weighted by Gasteiger charge is 2.70. The highest BCUT2D eigenvalue weighted by atomic mass is 16.6. The van der Waals surface area contributed by atoms with Crippen molar-refractivity contribution in [3.05, 3.63) is 0 Å². The third-order valence-electron chi connectivity index (χ3n) is 3.24. The van der Waals surface area contributed by atoms with E-state index in [9.17, 15) is 30.6 Å². The fraction of sp³-hybridized carbons (Fsp3) is 1.00. The van der Waals surface area contributed by atoms with Crippen LogP contribution < -0.4 is 0 Å². The zero-order valence-electron chi connectivity index (χ0n) is 9.17. The monoisotopic (exact) mass is 237 g/mol. The quantitative estimate of drug-likeness (QED) is 0.284. The number of rotatable bonds is 4. The standard InChI is InChI=1S/C9H19NO6/c1-2-3-10-4-8(13,14)9(15,16)7(10,5-11)6-12/h11-16H,2-6H2,1H3. The summed E-state index contributed by atoms with van der Waals surface area (Å²) in [6, 6.07) is 0. The third kappa shape index (κ3) is 1.56. The Labute approximate surface area is 93.2 Å². The SMILES string of the molecule is CCCN1CC(O)(O)C(O)(O)C1(CO)CO. The third-order valence-corrected chi connectivity index (χ3v) is 3.24. The topological polar surface area (TPSA) is 125 Å². The molecule has 0 aliphatic carbocycles. The average Bonchev–Trinajstić information content (AvgIpc) is 2.33. The number of likely N-dealkylation sites (tertiary alicyclic amines) is 1. The van der Waals surface area contributed by atoms with Gasteiger partial charge < -0.3 is 30.6 Å². The fourth-order valence-corrected chi connectivity index (χ4v) is 2.15. The molecule has 1 saturated heterocycles. The van der Waals surface area contributed by atoms with Gasteiger partial charge in [0.15, 0.2) is 0 Å². The van der Waals surface area contributed by atoms with Crippen molar-refractivity contribution in [3.63, 3.8) is 0 Å². The van der Waals surface area contributed by atoms with Gasteiger partial charge >= 0.3 is 0 Å². The van der Waals surface area contributed by atoms with Crippen LogP contribution in [-0.4, -0.2) is 79.0 Å². The van der Waals surface area contributed by atoms with Gasteiger partial charge in [-0.2, -0.15) is 0 Å². The Hall–Kier alpha value is -0.280. The highest BCUT2D eigenvalue weighted by molar-refractivity contribution is 5.14. The van der Waals surface area contributed by atoms with Gasteiger partial charge in [-0.3, -0.25) is 4.90 Å². The summed E-state index contributed by atoms with van der Waals surface area (Å²) in [4.78, 5) is 1.27. The predicted molar refractivity (Wildman–Crippen MR) is 53.1 cm³/mol. The molecule has 0 radical (unpaired) electrons. The van der Waals surface area contributed by atoms with Crippen molar-refractivity contribution in [2.75, 3.05) is 26.3 Å². The Morgan fingerprint density at radius 1 is 1.06 bits per heavy atom. The molecule has 0 atom stereocenters. The first-order valence-electron chi connectivity index (χ1n) is 5.15. The van der Waals surface area contributed by atoms with Gasteiger partial charge in [0.05, 0.1) is 19.8 Å². The molecule has 0 aromatic carbocycles. The van der Waals surface area contributed by atoms with Crippen LogP contribution in [0.1, 0.15) is 13.3 Å². The van der Waals surface area contributed by atoms with E-state index in [-0.39, 0.29) is 0 Å². The first-order chi connectivity index (χ1) is 7.29. The van der Waals surface area contributed by atoms with E-state index < -0.39 is 36.9 Å². The van der Waals surface area contributed by atoms with E-state index in [2.05, 4.69) is 0 Å². The van der Waals surface area contributed by atoms with E-state index in [0.717, 1.165) is 0 Å². The molecule has 6 N–H and O–H groups in total. The van der Waals surface area contributed by atoms with Crippen molar-refractivity contribution in [2.24, 2.45) is 0 Å². The lowest BCUT2D eigenvalue weighted by Crippen LogP contribution is -2.68. The molecule has 1 fully saturated rings. The van der Waals surface area contributed by atoms with Gasteiger partial charge in [-0.25, -0.2) is 0 Å². The lowest BCUT2D eigenvalue weighted by molar-refractivity contribution is -0.359. The normalized spacial score (nSPS) is 27.2. The van der Waals surface area contributed by atoms with Crippen LogP contribution in [0.3, 0.4) is 0 Å². The van der Waals surface area contributed by atoms with Crippen molar-refractivity contribution in [1.82, 2.24) is 4.90 Å². The molecule has 0 saturated carbocycles. The maximum atomic E-state index is 9.72. The van der Waals surface area contributed by atoms with Gasteiger partial charge in [0.1, 0.15) is 5.54 Å². The molecule has 0 aromatic rings. The van der Waals surface area contributed by atoms with Gasteiger partial charge in [0.2, 0.25) is 11.6 Å². The van der Waals surface area contributed by atoms with Crippen LogP contribution in [0.5, 0.6) is 0 Å². The van der Waals surface area contributed by atoms with Gasteiger partial charge in [0.25, 0.3) is 0 Å². The van der Waals surface area contributed by atoms with Crippen LogP contribution >= 0.6 is 0 Å². The number of hydrogen-bond donors (Lipinski definition) is 6. The molecule has 1 aliphatic heterocycles. The second-order valence-electron chi connectivity index (χ2n) is 4.26. The second-order valence-corrected chi connectivity index (χ2v) is 4.26. The maximum Gasteiger partial charge on any atom is 0.243 e. The van der Waals surface area contributed by atoms with E-state index in [1.54, 1.807) is 0 Å². The summed E-state index contributed by atoms with van der Waals surface area (Å²) < 4.78 is 0. The Morgan fingerprint density at radius 2 is 1.56 bits per heavy atom. The van der Waals surface area contributed by atoms with Gasteiger partial charge in [-0.1, -0.05) is 6.92 Å². The van der Waals surface area contributed by atoms with Gasteiger partial charge in [0, 0.05) is 0 Å². The molecule has 1 heterocycles. The van der Waals surface area contributed by atoms with Gasteiger partial charge in [-0.05, 0) is 13.0 Å². The molecular weight excluding hydrogens is 218 g/mol. The molecule has 1 aliphatic rings. The van der Waals surface area contributed by atoms with Crippen LogP contribution in [0.4, 0.5) is 0 Å². The van der Waals surface area contributed by atoms with Crippen LogP contribution in [0, 0.1) is 0 Å². The summed E-state index contributed by atoms with van der Waals surface area (Å²) in [5.74, 6) is -5.77. The fourth-order valence-electron chi connectivity index (χ4n) is 2.15. The minimum absolute atomic E-state index is 0.298. The van der Waals surface area contributed by atoms with E-state index in [1.807, 2.05) is 6.92 Å².